The summed E-state index contributed by atoms with van der Waals surface area (Å²) in [4.78, 5) is 2.16. The van der Waals surface area contributed by atoms with Crippen molar-refractivity contribution in [3.8, 4) is 0 Å². The van der Waals surface area contributed by atoms with Gasteiger partial charge in [-0.05, 0) is 42.8 Å². The highest BCUT2D eigenvalue weighted by Crippen LogP contribution is 2.31. The van der Waals surface area contributed by atoms with E-state index in [0.717, 1.165) is 20.7 Å². The molecule has 2 aromatic rings. The van der Waals surface area contributed by atoms with Crippen molar-refractivity contribution in [3.05, 3.63) is 63.1 Å². The largest absolute Gasteiger partial charge is 0.366 e. The summed E-state index contributed by atoms with van der Waals surface area (Å²) in [5.41, 5.74) is 9.38. The molecule has 106 valence electrons. The molecular weight excluding hydrogens is 336 g/mol. The van der Waals surface area contributed by atoms with E-state index >= 15 is 0 Å². The predicted octanol–water partition coefficient (Wildman–Crippen LogP) is 4.55. The van der Waals surface area contributed by atoms with Crippen LogP contribution < -0.4 is 10.6 Å². The van der Waals surface area contributed by atoms with Gasteiger partial charge in [0.1, 0.15) is 0 Å². The van der Waals surface area contributed by atoms with Crippen molar-refractivity contribution in [3.63, 3.8) is 0 Å². The minimum absolute atomic E-state index is 0.0442. The Hall–Kier alpha value is -1.03. The van der Waals surface area contributed by atoms with E-state index in [2.05, 4.69) is 52.0 Å². The predicted molar refractivity (Wildman–Crippen MR) is 90.5 cm³/mol. The molecule has 1 unspecified atom stereocenters. The molecule has 2 N–H and O–H groups in total. The second kappa shape index (κ2) is 6.61. The number of likely N-dealkylation sites (N-methyl/N-ethyl adjacent to an activating group) is 1. The monoisotopic (exact) mass is 352 g/mol. The minimum Gasteiger partial charge on any atom is -0.366 e. The van der Waals surface area contributed by atoms with Gasteiger partial charge in [-0.25, -0.2) is 0 Å². The van der Waals surface area contributed by atoms with E-state index in [-0.39, 0.29) is 6.04 Å². The fourth-order valence-corrected chi connectivity index (χ4v) is 2.85. The summed E-state index contributed by atoms with van der Waals surface area (Å²) < 4.78 is 1.01. The average Bonchev–Trinajstić information content (AvgIpc) is 2.44. The SMILES string of the molecule is Cc1ccc(N(C)C(CN)c2cc(Br)ccc2Cl)cc1. The van der Waals surface area contributed by atoms with Crippen molar-refractivity contribution in [1.29, 1.82) is 0 Å². The summed E-state index contributed by atoms with van der Waals surface area (Å²) in [6.45, 7) is 2.58. The fraction of sp³-hybridized carbons (Fsp3) is 0.250. The summed E-state index contributed by atoms with van der Waals surface area (Å²) in [5, 5.41) is 0.739. The second-order valence-corrected chi connectivity index (χ2v) is 6.19. The number of anilines is 1. The molecule has 2 rings (SSSR count). The highest BCUT2D eigenvalue weighted by Gasteiger charge is 2.19. The third-order valence-corrected chi connectivity index (χ3v) is 4.29. The van der Waals surface area contributed by atoms with Gasteiger partial charge in [0.25, 0.3) is 0 Å². The zero-order valence-corrected chi connectivity index (χ0v) is 13.9. The molecule has 0 aliphatic carbocycles. The molecule has 0 aliphatic rings. The highest BCUT2D eigenvalue weighted by atomic mass is 79.9. The Morgan fingerprint density at radius 2 is 1.85 bits per heavy atom. The van der Waals surface area contributed by atoms with Crippen LogP contribution in [0.4, 0.5) is 5.69 Å². The van der Waals surface area contributed by atoms with Crippen LogP contribution in [-0.4, -0.2) is 13.6 Å². The number of rotatable bonds is 4. The Morgan fingerprint density at radius 3 is 2.45 bits per heavy atom. The molecule has 0 amide bonds. The third kappa shape index (κ3) is 3.35. The zero-order chi connectivity index (χ0) is 14.7. The van der Waals surface area contributed by atoms with Gasteiger partial charge >= 0.3 is 0 Å². The molecule has 0 saturated carbocycles. The van der Waals surface area contributed by atoms with Gasteiger partial charge in [0, 0.05) is 28.8 Å². The van der Waals surface area contributed by atoms with Crippen molar-refractivity contribution in [2.24, 2.45) is 5.73 Å². The average molecular weight is 354 g/mol. The molecule has 2 aromatic carbocycles. The lowest BCUT2D eigenvalue weighted by Crippen LogP contribution is -2.30. The first kappa shape index (κ1) is 15.4. The zero-order valence-electron chi connectivity index (χ0n) is 11.6. The van der Waals surface area contributed by atoms with Crippen molar-refractivity contribution < 1.29 is 0 Å². The molecule has 0 aliphatic heterocycles. The van der Waals surface area contributed by atoms with Gasteiger partial charge in [0.05, 0.1) is 6.04 Å². The van der Waals surface area contributed by atoms with Gasteiger partial charge in [-0.2, -0.15) is 0 Å². The molecule has 0 spiro atoms. The minimum atomic E-state index is 0.0442. The Balaban J connectivity index is 2.36. The van der Waals surface area contributed by atoms with E-state index in [1.807, 2.05) is 25.2 Å². The summed E-state index contributed by atoms with van der Waals surface area (Å²) >= 11 is 9.81. The Morgan fingerprint density at radius 1 is 1.20 bits per heavy atom. The van der Waals surface area contributed by atoms with Crippen LogP contribution in [0.3, 0.4) is 0 Å². The molecule has 0 saturated heterocycles. The van der Waals surface area contributed by atoms with Crippen molar-refractivity contribution in [2.75, 3.05) is 18.5 Å². The maximum absolute atomic E-state index is 6.32. The van der Waals surface area contributed by atoms with Crippen molar-refractivity contribution in [2.45, 2.75) is 13.0 Å². The number of hydrogen-bond acceptors (Lipinski definition) is 2. The van der Waals surface area contributed by atoms with Gasteiger partial charge in [-0.1, -0.05) is 45.2 Å². The fourth-order valence-electron chi connectivity index (χ4n) is 2.22. The maximum Gasteiger partial charge on any atom is 0.0676 e. The topological polar surface area (TPSA) is 29.3 Å². The molecule has 1 atom stereocenters. The van der Waals surface area contributed by atoms with Gasteiger partial charge in [-0.3, -0.25) is 0 Å². The van der Waals surface area contributed by atoms with Gasteiger partial charge in [0.15, 0.2) is 0 Å². The van der Waals surface area contributed by atoms with E-state index in [0.29, 0.717) is 6.54 Å². The van der Waals surface area contributed by atoms with Crippen LogP contribution in [0.2, 0.25) is 5.02 Å². The number of nitrogens with two attached hydrogens (primary N) is 1. The third-order valence-electron chi connectivity index (χ3n) is 3.45. The molecule has 0 radical (unpaired) electrons. The molecule has 0 bridgehead atoms. The van der Waals surface area contributed by atoms with Gasteiger partial charge in [0.2, 0.25) is 0 Å². The first-order valence-corrected chi connectivity index (χ1v) is 7.64. The number of hydrogen-bond donors (Lipinski definition) is 1. The van der Waals surface area contributed by atoms with E-state index in [1.54, 1.807) is 0 Å². The Labute approximate surface area is 133 Å². The first-order valence-electron chi connectivity index (χ1n) is 6.47. The quantitative estimate of drug-likeness (QED) is 0.874. The number of benzene rings is 2. The first-order chi connectivity index (χ1) is 9.52. The lowest BCUT2D eigenvalue weighted by atomic mass is 10.0. The lowest BCUT2D eigenvalue weighted by molar-refractivity contribution is 0.680. The van der Waals surface area contributed by atoms with Crippen molar-refractivity contribution >= 4 is 33.2 Å². The Bertz CT molecular complexity index is 584. The normalized spacial score (nSPS) is 12.2. The van der Waals surface area contributed by atoms with E-state index in [4.69, 9.17) is 17.3 Å². The highest BCUT2D eigenvalue weighted by molar-refractivity contribution is 9.10. The summed E-state index contributed by atoms with van der Waals surface area (Å²) in [7, 11) is 2.04. The van der Waals surface area contributed by atoms with Crippen LogP contribution in [0.1, 0.15) is 17.2 Å². The summed E-state index contributed by atoms with van der Waals surface area (Å²) in [6, 6.07) is 14.3. The molecule has 4 heteroatoms. The van der Waals surface area contributed by atoms with Crippen LogP contribution in [0, 0.1) is 6.92 Å². The summed E-state index contributed by atoms with van der Waals surface area (Å²) in [5.74, 6) is 0. The van der Waals surface area contributed by atoms with Crippen LogP contribution >= 0.6 is 27.5 Å². The number of nitrogens with zero attached hydrogens (tertiary/aromatic N) is 1. The van der Waals surface area contributed by atoms with Crippen molar-refractivity contribution in [1.82, 2.24) is 0 Å². The smallest absolute Gasteiger partial charge is 0.0676 e. The lowest BCUT2D eigenvalue weighted by Gasteiger charge is -2.30. The summed E-state index contributed by atoms with van der Waals surface area (Å²) in [6.07, 6.45) is 0. The van der Waals surface area contributed by atoms with Crippen LogP contribution in [0.25, 0.3) is 0 Å². The van der Waals surface area contributed by atoms with E-state index in [1.165, 1.54) is 5.56 Å². The van der Waals surface area contributed by atoms with Crippen LogP contribution in [-0.2, 0) is 0 Å². The molecule has 0 heterocycles. The maximum atomic E-state index is 6.32. The molecule has 20 heavy (non-hydrogen) atoms. The van der Waals surface area contributed by atoms with Gasteiger partial charge < -0.3 is 10.6 Å². The number of aryl methyl sites for hydroxylation is 1. The molecular formula is C16H18BrClN2. The molecule has 0 fully saturated rings. The van der Waals surface area contributed by atoms with Crippen LogP contribution in [0.5, 0.6) is 0 Å². The van der Waals surface area contributed by atoms with E-state index < -0.39 is 0 Å². The standard InChI is InChI=1S/C16H18BrClN2/c1-11-3-6-13(7-4-11)20(2)16(10-19)14-9-12(17)5-8-15(14)18/h3-9,16H,10,19H2,1-2H3. The number of halogens is 2. The van der Waals surface area contributed by atoms with E-state index in [9.17, 15) is 0 Å². The van der Waals surface area contributed by atoms with Gasteiger partial charge in [-0.15, -0.1) is 0 Å². The van der Waals surface area contributed by atoms with Crippen LogP contribution in [0.15, 0.2) is 46.9 Å². The molecule has 2 nitrogen and oxygen atoms in total. The molecule has 0 aromatic heterocycles. The second-order valence-electron chi connectivity index (χ2n) is 4.86. The Kier molecular flexibility index (Phi) is 5.08.